The predicted molar refractivity (Wildman–Crippen MR) is 71.7 cm³/mol. The predicted octanol–water partition coefficient (Wildman–Crippen LogP) is 1.11. The van der Waals surface area contributed by atoms with E-state index >= 15 is 0 Å². The van der Waals surface area contributed by atoms with Crippen LogP contribution in [-0.2, 0) is 14.6 Å². The van der Waals surface area contributed by atoms with Gasteiger partial charge < -0.3 is 15.8 Å². The lowest BCUT2D eigenvalue weighted by molar-refractivity contribution is 0.0315. The molecular formula is C10H17N3O3S2. The van der Waals surface area contributed by atoms with Crippen LogP contribution in [0, 0.1) is 0 Å². The van der Waals surface area contributed by atoms with Crippen molar-refractivity contribution < 1.29 is 13.2 Å². The third-order valence-electron chi connectivity index (χ3n) is 2.97. The summed E-state index contributed by atoms with van der Waals surface area (Å²) in [6.45, 7) is 3.32. The molecule has 0 radical (unpaired) electrons. The van der Waals surface area contributed by atoms with Gasteiger partial charge in [0.05, 0.1) is 5.60 Å². The number of ether oxygens (including phenoxy) is 1. The first kappa shape index (κ1) is 13.6. The molecule has 1 aromatic heterocycles. The minimum absolute atomic E-state index is 0.0579. The lowest BCUT2D eigenvalue weighted by atomic mass is 10.0. The molecule has 0 saturated carbocycles. The fourth-order valence-corrected chi connectivity index (χ4v) is 4.07. The Bertz CT molecular complexity index is 533. The molecular weight excluding hydrogens is 274 g/mol. The molecule has 1 aliphatic rings. The summed E-state index contributed by atoms with van der Waals surface area (Å²) in [4.78, 5) is 0.0918. The van der Waals surface area contributed by atoms with Crippen LogP contribution in [0.4, 0.5) is 10.8 Å². The SMILES string of the molecule is CC1(CNc2snc(N)c2S(C)(=O)=O)CCCO1. The second kappa shape index (κ2) is 4.67. The normalized spacial score (nSPS) is 24.3. The van der Waals surface area contributed by atoms with Gasteiger partial charge in [0.15, 0.2) is 15.7 Å². The fraction of sp³-hybridized carbons (Fsp3) is 0.700. The van der Waals surface area contributed by atoms with E-state index in [1.807, 2.05) is 6.92 Å². The van der Waals surface area contributed by atoms with E-state index < -0.39 is 9.84 Å². The van der Waals surface area contributed by atoms with Gasteiger partial charge in [-0.15, -0.1) is 0 Å². The van der Waals surface area contributed by atoms with Crippen LogP contribution >= 0.6 is 11.5 Å². The molecule has 1 aromatic rings. The molecule has 6 nitrogen and oxygen atoms in total. The van der Waals surface area contributed by atoms with Crippen molar-refractivity contribution in [2.24, 2.45) is 0 Å². The maximum Gasteiger partial charge on any atom is 0.182 e. The van der Waals surface area contributed by atoms with E-state index in [4.69, 9.17) is 10.5 Å². The number of rotatable bonds is 4. The first-order chi connectivity index (χ1) is 8.32. The molecule has 0 bridgehead atoms. The third kappa shape index (κ3) is 2.76. The summed E-state index contributed by atoms with van der Waals surface area (Å²) in [7, 11) is -3.37. The molecule has 1 unspecified atom stereocenters. The van der Waals surface area contributed by atoms with Crippen LogP contribution in [0.3, 0.4) is 0 Å². The van der Waals surface area contributed by atoms with Gasteiger partial charge in [0, 0.05) is 19.4 Å². The second-order valence-electron chi connectivity index (χ2n) is 4.75. The number of hydrogen-bond donors (Lipinski definition) is 2. The quantitative estimate of drug-likeness (QED) is 0.863. The molecule has 1 aliphatic heterocycles. The summed E-state index contributed by atoms with van der Waals surface area (Å²) < 4.78 is 32.8. The Morgan fingerprint density at radius 3 is 2.89 bits per heavy atom. The molecule has 1 saturated heterocycles. The lowest BCUT2D eigenvalue weighted by Gasteiger charge is -2.23. The average Bonchev–Trinajstić information content (AvgIpc) is 2.82. The Balaban J connectivity index is 2.15. The van der Waals surface area contributed by atoms with E-state index in [1.54, 1.807) is 0 Å². The summed E-state index contributed by atoms with van der Waals surface area (Å²) >= 11 is 1.06. The van der Waals surface area contributed by atoms with Crippen LogP contribution < -0.4 is 11.1 Å². The van der Waals surface area contributed by atoms with Gasteiger partial charge in [0.1, 0.15) is 9.90 Å². The van der Waals surface area contributed by atoms with Crippen molar-refractivity contribution in [1.29, 1.82) is 0 Å². The molecule has 1 fully saturated rings. The number of nitrogens with two attached hydrogens (primary N) is 1. The van der Waals surface area contributed by atoms with Crippen LogP contribution in [0.25, 0.3) is 0 Å². The van der Waals surface area contributed by atoms with Crippen molar-refractivity contribution in [2.45, 2.75) is 30.3 Å². The van der Waals surface area contributed by atoms with Crippen LogP contribution in [0.2, 0.25) is 0 Å². The van der Waals surface area contributed by atoms with Gasteiger partial charge in [-0.2, -0.15) is 4.37 Å². The van der Waals surface area contributed by atoms with Crippen LogP contribution in [0.5, 0.6) is 0 Å². The zero-order valence-electron chi connectivity index (χ0n) is 10.4. The molecule has 0 aromatic carbocycles. The number of hydrogen-bond acceptors (Lipinski definition) is 7. The zero-order valence-corrected chi connectivity index (χ0v) is 12.0. The van der Waals surface area contributed by atoms with E-state index in [0.29, 0.717) is 11.5 Å². The Hall–Kier alpha value is -0.860. The lowest BCUT2D eigenvalue weighted by Crippen LogP contribution is -2.32. The summed E-state index contributed by atoms with van der Waals surface area (Å²) in [5.74, 6) is 0.0579. The van der Waals surface area contributed by atoms with Gasteiger partial charge in [0.25, 0.3) is 0 Å². The largest absolute Gasteiger partial charge is 0.382 e. The Morgan fingerprint density at radius 2 is 2.33 bits per heavy atom. The van der Waals surface area contributed by atoms with Crippen molar-refractivity contribution in [3.8, 4) is 0 Å². The third-order valence-corrected chi connectivity index (χ3v) is 5.07. The summed E-state index contributed by atoms with van der Waals surface area (Å²) in [5, 5.41) is 3.59. The first-order valence-corrected chi connectivity index (χ1v) is 8.31. The van der Waals surface area contributed by atoms with E-state index in [-0.39, 0.29) is 16.3 Å². The van der Waals surface area contributed by atoms with Crippen LogP contribution in [-0.4, -0.2) is 37.8 Å². The topological polar surface area (TPSA) is 94.3 Å². The minimum atomic E-state index is -3.37. The monoisotopic (exact) mass is 291 g/mol. The molecule has 0 spiro atoms. The summed E-state index contributed by atoms with van der Waals surface area (Å²) in [6.07, 6.45) is 3.12. The number of sulfone groups is 1. The molecule has 102 valence electrons. The molecule has 0 aliphatic carbocycles. The Kier molecular flexibility index (Phi) is 3.52. The molecule has 2 rings (SSSR count). The second-order valence-corrected chi connectivity index (χ2v) is 7.48. The number of nitrogens with zero attached hydrogens (tertiary/aromatic N) is 1. The van der Waals surface area contributed by atoms with Crippen molar-refractivity contribution >= 4 is 32.2 Å². The van der Waals surface area contributed by atoms with E-state index in [2.05, 4.69) is 9.69 Å². The molecule has 2 heterocycles. The van der Waals surface area contributed by atoms with Crippen LogP contribution in [0.15, 0.2) is 4.90 Å². The number of aromatic nitrogens is 1. The van der Waals surface area contributed by atoms with E-state index in [0.717, 1.165) is 37.2 Å². The summed E-state index contributed by atoms with van der Waals surface area (Å²) in [6, 6.07) is 0. The molecule has 0 amide bonds. The highest BCUT2D eigenvalue weighted by Gasteiger charge is 2.30. The molecule has 8 heteroatoms. The van der Waals surface area contributed by atoms with Crippen molar-refractivity contribution in [2.75, 3.05) is 30.5 Å². The highest BCUT2D eigenvalue weighted by Crippen LogP contribution is 2.33. The van der Waals surface area contributed by atoms with Gasteiger partial charge in [-0.25, -0.2) is 8.42 Å². The van der Waals surface area contributed by atoms with Gasteiger partial charge in [-0.3, -0.25) is 0 Å². The average molecular weight is 291 g/mol. The first-order valence-electron chi connectivity index (χ1n) is 5.65. The maximum atomic E-state index is 11.6. The van der Waals surface area contributed by atoms with Crippen LogP contribution in [0.1, 0.15) is 19.8 Å². The fourth-order valence-electron chi connectivity index (χ4n) is 2.01. The zero-order chi connectivity index (χ0) is 13.4. The summed E-state index contributed by atoms with van der Waals surface area (Å²) in [5.41, 5.74) is 5.35. The smallest absolute Gasteiger partial charge is 0.182 e. The van der Waals surface area contributed by atoms with E-state index in [9.17, 15) is 8.42 Å². The van der Waals surface area contributed by atoms with Crippen molar-refractivity contribution in [3.05, 3.63) is 0 Å². The standard InChI is InChI=1S/C10H17N3O3S2/c1-10(4-3-5-16-10)6-12-9-7(18(2,14)15)8(11)13-17-9/h12H,3-6H2,1-2H3,(H2,11,13). The number of nitrogens with one attached hydrogen (secondary N) is 1. The Morgan fingerprint density at radius 1 is 1.61 bits per heavy atom. The Labute approximate surface area is 111 Å². The van der Waals surface area contributed by atoms with Gasteiger partial charge in [0.2, 0.25) is 0 Å². The van der Waals surface area contributed by atoms with Gasteiger partial charge in [-0.05, 0) is 31.3 Å². The molecule has 3 N–H and O–H groups in total. The molecule has 1 atom stereocenters. The number of anilines is 2. The number of nitrogen functional groups attached to an aromatic ring is 1. The highest BCUT2D eigenvalue weighted by molar-refractivity contribution is 7.91. The van der Waals surface area contributed by atoms with E-state index in [1.165, 1.54) is 0 Å². The highest BCUT2D eigenvalue weighted by atomic mass is 32.2. The minimum Gasteiger partial charge on any atom is -0.382 e. The van der Waals surface area contributed by atoms with Crippen molar-refractivity contribution in [3.63, 3.8) is 0 Å². The van der Waals surface area contributed by atoms with Gasteiger partial charge in [-0.1, -0.05) is 0 Å². The molecule has 18 heavy (non-hydrogen) atoms. The van der Waals surface area contributed by atoms with Gasteiger partial charge >= 0.3 is 0 Å². The maximum absolute atomic E-state index is 11.6. The van der Waals surface area contributed by atoms with Crippen molar-refractivity contribution in [1.82, 2.24) is 4.37 Å².